The molecule has 0 saturated carbocycles. The zero-order valence-electron chi connectivity index (χ0n) is 12.2. The van der Waals surface area contributed by atoms with Crippen LogP contribution in [0, 0.1) is 0 Å². The third-order valence-corrected chi connectivity index (χ3v) is 6.07. The molecule has 3 nitrogen and oxygen atoms in total. The van der Waals surface area contributed by atoms with Crippen molar-refractivity contribution < 1.29 is 8.42 Å². The van der Waals surface area contributed by atoms with Gasteiger partial charge in [-0.1, -0.05) is 59.6 Å². The lowest BCUT2D eigenvalue weighted by atomic mass is 10.0. The fraction of sp³-hybridized carbons (Fsp3) is 0.176. The average molecular weight is 368 g/mol. The van der Waals surface area contributed by atoms with Gasteiger partial charge in [0.15, 0.2) is 0 Å². The second kappa shape index (κ2) is 6.65. The van der Waals surface area contributed by atoms with Crippen molar-refractivity contribution in [1.29, 1.82) is 0 Å². The van der Waals surface area contributed by atoms with Crippen molar-refractivity contribution in [3.05, 3.63) is 70.2 Å². The highest BCUT2D eigenvalue weighted by atomic mass is 35.5. The molecule has 0 bridgehead atoms. The van der Waals surface area contributed by atoms with Gasteiger partial charge in [-0.15, -0.1) is 0 Å². The van der Waals surface area contributed by atoms with Gasteiger partial charge >= 0.3 is 0 Å². The number of hydrogen-bond acceptors (Lipinski definition) is 2. The van der Waals surface area contributed by atoms with Gasteiger partial charge in [-0.25, -0.2) is 8.42 Å². The molecule has 1 aliphatic rings. The number of sulfonamides is 1. The van der Waals surface area contributed by atoms with E-state index in [1.54, 1.807) is 0 Å². The number of benzene rings is 2. The second-order valence-corrected chi connectivity index (χ2v) is 8.12. The first-order chi connectivity index (χ1) is 11.0. The van der Waals surface area contributed by atoms with E-state index in [9.17, 15) is 8.42 Å². The molecule has 23 heavy (non-hydrogen) atoms. The largest absolute Gasteiger partial charge is 0.243 e. The number of nitrogens with zero attached hydrogens (tertiary/aromatic N) is 1. The van der Waals surface area contributed by atoms with Crippen LogP contribution in [0.4, 0.5) is 0 Å². The Morgan fingerprint density at radius 3 is 2.17 bits per heavy atom. The Balaban J connectivity index is 1.85. The van der Waals surface area contributed by atoms with Crippen molar-refractivity contribution >= 4 is 38.8 Å². The predicted octanol–water partition coefficient (Wildman–Crippen LogP) is 4.47. The number of hydrogen-bond donors (Lipinski definition) is 0. The molecule has 0 aromatic heterocycles. The maximum Gasteiger partial charge on any atom is 0.243 e. The predicted molar refractivity (Wildman–Crippen MR) is 94.3 cm³/mol. The highest BCUT2D eigenvalue weighted by Crippen LogP contribution is 2.28. The molecular weight excluding hydrogens is 353 g/mol. The van der Waals surface area contributed by atoms with Gasteiger partial charge in [0.05, 0.1) is 4.90 Å². The van der Waals surface area contributed by atoms with E-state index < -0.39 is 10.0 Å². The van der Waals surface area contributed by atoms with Crippen LogP contribution in [-0.4, -0.2) is 25.8 Å². The topological polar surface area (TPSA) is 37.4 Å². The Morgan fingerprint density at radius 1 is 0.957 bits per heavy atom. The van der Waals surface area contributed by atoms with E-state index in [2.05, 4.69) is 0 Å². The smallest absolute Gasteiger partial charge is 0.207 e. The summed E-state index contributed by atoms with van der Waals surface area (Å²) in [6.45, 7) is 0.782. The summed E-state index contributed by atoms with van der Waals surface area (Å²) in [5, 5.41) is 0.627. The maximum atomic E-state index is 12.7. The Kier molecular flexibility index (Phi) is 4.78. The number of halogens is 2. The first kappa shape index (κ1) is 16.5. The minimum Gasteiger partial charge on any atom is -0.207 e. The number of rotatable bonds is 3. The zero-order valence-corrected chi connectivity index (χ0v) is 14.6. The third-order valence-electron chi connectivity index (χ3n) is 3.79. The monoisotopic (exact) mass is 367 g/mol. The van der Waals surface area contributed by atoms with Gasteiger partial charge in [-0.05, 0) is 35.8 Å². The van der Waals surface area contributed by atoms with Gasteiger partial charge in [0, 0.05) is 23.1 Å². The molecule has 0 spiro atoms. The summed E-state index contributed by atoms with van der Waals surface area (Å²) in [6.07, 6.45) is 2.64. The SMILES string of the molecule is O=S(=O)(c1cc(Cl)cc(Cl)c1)N1CC=C(c2ccccc2)CC1. The van der Waals surface area contributed by atoms with Crippen LogP contribution in [0.15, 0.2) is 59.5 Å². The summed E-state index contributed by atoms with van der Waals surface area (Å²) >= 11 is 11.8. The summed E-state index contributed by atoms with van der Waals surface area (Å²) in [5.41, 5.74) is 2.30. The highest BCUT2D eigenvalue weighted by molar-refractivity contribution is 7.89. The molecule has 0 atom stereocenters. The van der Waals surface area contributed by atoms with Crippen LogP contribution in [0.5, 0.6) is 0 Å². The molecule has 3 rings (SSSR count). The molecule has 1 aliphatic heterocycles. The molecule has 0 N–H and O–H groups in total. The minimum absolute atomic E-state index is 0.131. The molecule has 6 heteroatoms. The first-order valence-corrected chi connectivity index (χ1v) is 9.37. The Labute approximate surface area is 146 Å². The van der Waals surface area contributed by atoms with E-state index in [-0.39, 0.29) is 4.90 Å². The zero-order chi connectivity index (χ0) is 16.4. The first-order valence-electron chi connectivity index (χ1n) is 7.17. The molecule has 0 amide bonds. The minimum atomic E-state index is -3.59. The van der Waals surface area contributed by atoms with E-state index >= 15 is 0 Å². The van der Waals surface area contributed by atoms with E-state index in [0.29, 0.717) is 29.6 Å². The third kappa shape index (κ3) is 3.61. The Bertz CT molecular complexity index is 828. The van der Waals surface area contributed by atoms with Crippen molar-refractivity contribution in [3.63, 3.8) is 0 Å². The van der Waals surface area contributed by atoms with Gasteiger partial charge in [0.25, 0.3) is 0 Å². The Hall–Kier alpha value is -1.33. The normalized spacial score (nSPS) is 16.2. The van der Waals surface area contributed by atoms with Gasteiger partial charge in [-0.3, -0.25) is 0 Å². The highest BCUT2D eigenvalue weighted by Gasteiger charge is 2.27. The molecule has 0 fully saturated rings. The van der Waals surface area contributed by atoms with E-state index in [1.165, 1.54) is 28.1 Å². The van der Waals surface area contributed by atoms with Gasteiger partial charge in [0.2, 0.25) is 10.0 Å². The summed E-state index contributed by atoms with van der Waals surface area (Å²) in [7, 11) is -3.59. The van der Waals surface area contributed by atoms with E-state index in [4.69, 9.17) is 23.2 Å². The molecule has 120 valence electrons. The molecular formula is C17H15Cl2NO2S. The van der Waals surface area contributed by atoms with Crippen molar-refractivity contribution in [2.24, 2.45) is 0 Å². The Morgan fingerprint density at radius 2 is 1.61 bits per heavy atom. The quantitative estimate of drug-likeness (QED) is 0.802. The molecule has 2 aromatic carbocycles. The maximum absolute atomic E-state index is 12.7. The lowest BCUT2D eigenvalue weighted by molar-refractivity contribution is 0.441. The van der Waals surface area contributed by atoms with E-state index in [0.717, 1.165) is 5.56 Å². The fourth-order valence-corrected chi connectivity index (χ4v) is 4.72. The van der Waals surface area contributed by atoms with Gasteiger partial charge in [0.1, 0.15) is 0 Å². The van der Waals surface area contributed by atoms with Crippen LogP contribution >= 0.6 is 23.2 Å². The van der Waals surface area contributed by atoms with Crippen molar-refractivity contribution in [1.82, 2.24) is 4.31 Å². The van der Waals surface area contributed by atoms with Crippen LogP contribution in [-0.2, 0) is 10.0 Å². The molecule has 0 saturated heterocycles. The van der Waals surface area contributed by atoms with Crippen molar-refractivity contribution in [2.75, 3.05) is 13.1 Å². The summed E-state index contributed by atoms with van der Waals surface area (Å²) in [4.78, 5) is 0.131. The van der Waals surface area contributed by atoms with Crippen LogP contribution in [0.1, 0.15) is 12.0 Å². The molecule has 1 heterocycles. The standard InChI is InChI=1S/C17H15Cl2NO2S/c18-15-10-16(19)12-17(11-15)23(21,22)20-8-6-14(7-9-20)13-4-2-1-3-5-13/h1-6,10-12H,7-9H2. The van der Waals surface area contributed by atoms with Crippen LogP contribution in [0.3, 0.4) is 0 Å². The molecule has 0 aliphatic carbocycles. The van der Waals surface area contributed by atoms with Crippen molar-refractivity contribution in [3.8, 4) is 0 Å². The van der Waals surface area contributed by atoms with E-state index in [1.807, 2.05) is 36.4 Å². The molecule has 0 radical (unpaired) electrons. The molecule has 0 unspecified atom stereocenters. The average Bonchev–Trinajstić information content (AvgIpc) is 2.55. The van der Waals surface area contributed by atoms with Crippen LogP contribution in [0.25, 0.3) is 5.57 Å². The second-order valence-electron chi connectivity index (χ2n) is 5.31. The molecule has 2 aromatic rings. The van der Waals surface area contributed by atoms with Crippen molar-refractivity contribution in [2.45, 2.75) is 11.3 Å². The summed E-state index contributed by atoms with van der Waals surface area (Å²) in [5.74, 6) is 0. The van der Waals surface area contributed by atoms with Gasteiger partial charge in [-0.2, -0.15) is 4.31 Å². The van der Waals surface area contributed by atoms with Crippen LogP contribution < -0.4 is 0 Å². The fourth-order valence-electron chi connectivity index (χ4n) is 2.61. The lowest BCUT2D eigenvalue weighted by Gasteiger charge is -2.26. The summed E-state index contributed by atoms with van der Waals surface area (Å²) in [6, 6.07) is 14.4. The summed E-state index contributed by atoms with van der Waals surface area (Å²) < 4.78 is 26.9. The van der Waals surface area contributed by atoms with Crippen LogP contribution in [0.2, 0.25) is 10.0 Å². The lowest BCUT2D eigenvalue weighted by Crippen LogP contribution is -2.34. The van der Waals surface area contributed by atoms with Gasteiger partial charge < -0.3 is 0 Å².